The van der Waals surface area contributed by atoms with Gasteiger partial charge in [0, 0.05) is 21.5 Å². The first kappa shape index (κ1) is 15.1. The Morgan fingerprint density at radius 2 is 0.708 bits per heavy atom. The summed E-state index contributed by atoms with van der Waals surface area (Å²) in [5.74, 6) is 0. The summed E-state index contributed by atoms with van der Waals surface area (Å²) in [5, 5.41) is 3.71. The fourth-order valence-electron chi connectivity index (χ4n) is 2.02. The molecule has 0 aromatic heterocycles. The van der Waals surface area contributed by atoms with Crippen LogP contribution in [0.2, 0.25) is 0 Å². The Morgan fingerprint density at radius 3 is 1.00 bits per heavy atom. The van der Waals surface area contributed by atoms with Crippen molar-refractivity contribution < 1.29 is 0 Å². The second-order valence-corrected chi connectivity index (χ2v) is 4.91. The Bertz CT molecular complexity index is 815. The lowest BCUT2D eigenvalue weighted by Gasteiger charge is -1.82. The molecule has 0 aliphatic carbocycles. The van der Waals surface area contributed by atoms with E-state index in [1.165, 1.54) is 0 Å². The molecule has 0 unspecified atom stereocenters. The molecule has 0 N–H and O–H groups in total. The molecule has 0 radical (unpaired) electrons. The van der Waals surface area contributed by atoms with Gasteiger partial charge in [0.2, 0.25) is 0 Å². The van der Waals surface area contributed by atoms with E-state index in [9.17, 15) is 0 Å². The average molecular weight is 300 g/mol. The molecule has 0 saturated heterocycles. The van der Waals surface area contributed by atoms with E-state index in [1.807, 2.05) is 48.5 Å². The lowest BCUT2D eigenvalue weighted by atomic mass is 10.2. The number of benzene rings is 2. The predicted molar refractivity (Wildman–Crippen MR) is 96.2 cm³/mol. The van der Waals surface area contributed by atoms with Gasteiger partial charge in [0.05, 0.1) is 0 Å². The highest BCUT2D eigenvalue weighted by atomic mass is 13.8. The fourth-order valence-corrected chi connectivity index (χ4v) is 2.02. The van der Waals surface area contributed by atoms with E-state index >= 15 is 0 Å². The minimum Gasteiger partial charge on any atom is -0.0689 e. The first-order chi connectivity index (χ1) is 11.9. The minimum atomic E-state index is 0.928. The van der Waals surface area contributed by atoms with E-state index in [1.54, 1.807) is 24.3 Å². The highest BCUT2D eigenvalue weighted by Gasteiger charge is 1.80. The molecule has 3 aromatic carbocycles. The third-order valence-electron chi connectivity index (χ3n) is 3.09. The molecule has 0 spiro atoms. The largest absolute Gasteiger partial charge is 0.0689 e. The van der Waals surface area contributed by atoms with Crippen LogP contribution in [0.4, 0.5) is 0 Å². The van der Waals surface area contributed by atoms with E-state index in [0.29, 0.717) is 0 Å². The molecule has 24 heavy (non-hydrogen) atoms. The van der Waals surface area contributed by atoms with E-state index in [4.69, 9.17) is 0 Å². The first-order valence-electron chi connectivity index (χ1n) is 7.46. The Balaban J connectivity index is 2.15. The third-order valence-corrected chi connectivity index (χ3v) is 3.09. The molecular formula is C24H12. The Hall–Kier alpha value is -3.84. The van der Waals surface area contributed by atoms with Crippen LogP contribution in [0.1, 0.15) is 0 Å². The number of fused-ring (bicyclic) bond motifs is 4. The van der Waals surface area contributed by atoms with Crippen molar-refractivity contribution in [1.82, 2.24) is 0 Å². The second kappa shape index (κ2) is 7.97. The summed E-state index contributed by atoms with van der Waals surface area (Å²) < 4.78 is 0. The van der Waals surface area contributed by atoms with Crippen molar-refractivity contribution in [3.05, 3.63) is 121 Å². The molecular weight excluding hydrogens is 288 g/mol. The summed E-state index contributed by atoms with van der Waals surface area (Å²) in [5.41, 5.74) is 0. The normalized spacial score (nSPS) is 8.33. The van der Waals surface area contributed by atoms with Crippen molar-refractivity contribution in [1.29, 1.82) is 0 Å². The van der Waals surface area contributed by atoms with Crippen LogP contribution in [0, 0.1) is 48.5 Å². The Morgan fingerprint density at radius 1 is 0.417 bits per heavy atom. The molecule has 0 heterocycles. The van der Waals surface area contributed by atoms with Gasteiger partial charge in [0.1, 0.15) is 0 Å². The van der Waals surface area contributed by atoms with Gasteiger partial charge in [-0.2, -0.15) is 0 Å². The zero-order valence-electron chi connectivity index (χ0n) is 12.9. The van der Waals surface area contributed by atoms with Crippen LogP contribution >= 0.6 is 0 Å². The van der Waals surface area contributed by atoms with Crippen molar-refractivity contribution in [2.24, 2.45) is 0 Å². The van der Waals surface area contributed by atoms with E-state index in [0.717, 1.165) is 21.5 Å². The SMILES string of the molecule is c1ccc#cc2cccc(c#cccc#cc3cccc(c#1)c3)c2. The van der Waals surface area contributed by atoms with Gasteiger partial charge in [-0.05, 0) is 60.7 Å². The topological polar surface area (TPSA) is 0 Å². The zero-order valence-corrected chi connectivity index (χ0v) is 12.9. The van der Waals surface area contributed by atoms with Crippen molar-refractivity contribution in [3.8, 4) is 0 Å². The second-order valence-electron chi connectivity index (χ2n) is 4.91. The van der Waals surface area contributed by atoms with Crippen LogP contribution in [0.3, 0.4) is 0 Å². The molecule has 0 aliphatic rings. The van der Waals surface area contributed by atoms with Gasteiger partial charge in [-0.3, -0.25) is 0 Å². The molecule has 0 atom stereocenters. The van der Waals surface area contributed by atoms with E-state index in [-0.39, 0.29) is 0 Å². The van der Waals surface area contributed by atoms with Gasteiger partial charge in [0.25, 0.3) is 0 Å². The van der Waals surface area contributed by atoms with E-state index < -0.39 is 0 Å². The van der Waals surface area contributed by atoms with Crippen LogP contribution in [-0.2, 0) is 0 Å². The Kier molecular flexibility index (Phi) is 5.00. The van der Waals surface area contributed by atoms with Crippen molar-refractivity contribution in [3.63, 3.8) is 0 Å². The maximum absolute atomic E-state index is 3.08. The first-order valence-corrected chi connectivity index (χ1v) is 7.46. The smallest absolute Gasteiger partial charge is 0.0261 e. The summed E-state index contributed by atoms with van der Waals surface area (Å²) in [4.78, 5) is 0. The summed E-state index contributed by atoms with van der Waals surface area (Å²) in [6.07, 6.45) is 0. The monoisotopic (exact) mass is 300 g/mol. The molecule has 3 rings (SSSR count). The molecule has 0 amide bonds. The summed E-state index contributed by atoms with van der Waals surface area (Å²) in [6.45, 7) is 0. The van der Waals surface area contributed by atoms with Crippen LogP contribution in [0.15, 0.2) is 72.8 Å². The average Bonchev–Trinajstić information content (AvgIpc) is 2.61. The molecule has 0 aliphatic heterocycles. The van der Waals surface area contributed by atoms with Crippen molar-refractivity contribution in [2.75, 3.05) is 0 Å². The van der Waals surface area contributed by atoms with Crippen LogP contribution < -0.4 is 0 Å². The van der Waals surface area contributed by atoms with Crippen molar-refractivity contribution >= 4 is 21.5 Å². The summed E-state index contributed by atoms with van der Waals surface area (Å²) in [7, 11) is 0. The minimum absolute atomic E-state index is 0.928. The zero-order chi connectivity index (χ0) is 16.5. The molecule has 108 valence electrons. The molecule has 0 fully saturated rings. The highest BCUT2D eigenvalue weighted by Crippen LogP contribution is 2.02. The van der Waals surface area contributed by atoms with Gasteiger partial charge >= 0.3 is 0 Å². The van der Waals surface area contributed by atoms with Crippen LogP contribution in [0.5, 0.6) is 0 Å². The van der Waals surface area contributed by atoms with Gasteiger partial charge < -0.3 is 0 Å². The van der Waals surface area contributed by atoms with Gasteiger partial charge in [-0.1, -0.05) is 60.7 Å². The van der Waals surface area contributed by atoms with Crippen LogP contribution in [0.25, 0.3) is 21.5 Å². The predicted octanol–water partition coefficient (Wildman–Crippen LogP) is 5.21. The summed E-state index contributed by atoms with van der Waals surface area (Å²) >= 11 is 0. The molecule has 0 saturated carbocycles. The quantitative estimate of drug-likeness (QED) is 0.535. The van der Waals surface area contributed by atoms with Crippen LogP contribution in [-0.4, -0.2) is 0 Å². The van der Waals surface area contributed by atoms with Gasteiger partial charge in [-0.25, -0.2) is 0 Å². The fraction of sp³-hybridized carbons (Fsp3) is 0. The molecule has 0 heteroatoms. The number of hydrogen-bond donors (Lipinski definition) is 0. The third kappa shape index (κ3) is 4.58. The lowest BCUT2D eigenvalue weighted by molar-refractivity contribution is 1.79. The lowest BCUT2D eigenvalue weighted by Crippen LogP contribution is -1.61. The van der Waals surface area contributed by atoms with E-state index in [2.05, 4.69) is 48.5 Å². The molecule has 3 aromatic rings. The maximum atomic E-state index is 3.08. The highest BCUT2D eigenvalue weighted by molar-refractivity contribution is 5.64. The van der Waals surface area contributed by atoms with Crippen molar-refractivity contribution in [2.45, 2.75) is 0 Å². The standard InChI is InChI=1S/C24H12/c1-2-6-12-22-16-10-18-24(20-22)14-8-4-3-7-13-23-17-9-15-21(19-23)11-5-1/h1-4,9-10,15-20H. The van der Waals surface area contributed by atoms with Gasteiger partial charge in [0.15, 0.2) is 0 Å². The maximum Gasteiger partial charge on any atom is 0.0261 e. The number of rotatable bonds is 0. The Labute approximate surface area is 143 Å². The number of hydrogen-bond acceptors (Lipinski definition) is 0. The molecule has 0 nitrogen and oxygen atoms in total. The summed E-state index contributed by atoms with van der Waals surface area (Å²) in [6, 6.07) is 47.0. The molecule has 4 bridgehead atoms. The van der Waals surface area contributed by atoms with Gasteiger partial charge in [-0.15, -0.1) is 0 Å².